The highest BCUT2D eigenvalue weighted by Crippen LogP contribution is 2.13. The summed E-state index contributed by atoms with van der Waals surface area (Å²) in [5.41, 5.74) is 2.97. The Hall–Kier alpha value is -2.82. The highest BCUT2D eigenvalue weighted by molar-refractivity contribution is 5.77. The molecule has 3 aromatic rings. The number of imidazole rings is 1. The monoisotopic (exact) mass is 323 g/mol. The number of amides is 1. The number of pyridine rings is 1. The topological polar surface area (TPSA) is 46.8 Å². The maximum Gasteiger partial charge on any atom is 0.260 e. The van der Waals surface area contributed by atoms with E-state index >= 15 is 0 Å². The molecule has 24 heavy (non-hydrogen) atoms. The van der Waals surface area contributed by atoms with Crippen molar-refractivity contribution in [2.24, 2.45) is 0 Å². The van der Waals surface area contributed by atoms with E-state index in [0.29, 0.717) is 18.8 Å². The van der Waals surface area contributed by atoms with Crippen molar-refractivity contribution in [2.75, 3.05) is 13.2 Å². The number of hydrogen-bond acceptors (Lipinski definition) is 3. The van der Waals surface area contributed by atoms with Crippen molar-refractivity contribution < 1.29 is 9.53 Å². The van der Waals surface area contributed by atoms with Gasteiger partial charge >= 0.3 is 0 Å². The van der Waals surface area contributed by atoms with E-state index in [4.69, 9.17) is 4.74 Å². The van der Waals surface area contributed by atoms with Gasteiger partial charge in [-0.2, -0.15) is 0 Å². The Labute approximate surface area is 141 Å². The predicted octanol–water partition coefficient (Wildman–Crippen LogP) is 3.07. The number of aromatic nitrogens is 2. The lowest BCUT2D eigenvalue weighted by atomic mass is 10.2. The molecular weight excluding hydrogens is 302 g/mol. The van der Waals surface area contributed by atoms with E-state index in [-0.39, 0.29) is 12.5 Å². The van der Waals surface area contributed by atoms with E-state index in [0.717, 1.165) is 16.9 Å². The zero-order valence-electron chi connectivity index (χ0n) is 14.0. The molecule has 5 heteroatoms. The summed E-state index contributed by atoms with van der Waals surface area (Å²) in [6.07, 6.45) is 3.77. The van der Waals surface area contributed by atoms with Crippen molar-refractivity contribution in [3.8, 4) is 5.75 Å². The highest BCUT2D eigenvalue weighted by Gasteiger charge is 2.15. The molecule has 0 radical (unpaired) electrons. The van der Waals surface area contributed by atoms with Crippen LogP contribution in [0.2, 0.25) is 0 Å². The Kier molecular flexibility index (Phi) is 4.79. The molecule has 0 fully saturated rings. The normalized spacial score (nSPS) is 10.8. The molecule has 0 saturated heterocycles. The van der Waals surface area contributed by atoms with Gasteiger partial charge in [0.1, 0.15) is 11.4 Å². The van der Waals surface area contributed by atoms with E-state index in [9.17, 15) is 4.79 Å². The lowest BCUT2D eigenvalue weighted by molar-refractivity contribution is -0.133. The quantitative estimate of drug-likeness (QED) is 0.700. The second kappa shape index (κ2) is 7.17. The number of rotatable bonds is 6. The average Bonchev–Trinajstić information content (AvgIpc) is 3.00. The van der Waals surface area contributed by atoms with Gasteiger partial charge in [-0.15, -0.1) is 0 Å². The number of nitrogens with zero attached hydrogens (tertiary/aromatic N) is 3. The Morgan fingerprint density at radius 2 is 2.12 bits per heavy atom. The van der Waals surface area contributed by atoms with Gasteiger partial charge in [0.15, 0.2) is 6.61 Å². The van der Waals surface area contributed by atoms with Gasteiger partial charge in [-0.1, -0.05) is 18.2 Å². The zero-order chi connectivity index (χ0) is 16.9. The van der Waals surface area contributed by atoms with Crippen LogP contribution < -0.4 is 4.74 Å². The number of ether oxygens (including phenoxy) is 1. The van der Waals surface area contributed by atoms with Crippen LogP contribution in [0.5, 0.6) is 5.75 Å². The van der Waals surface area contributed by atoms with Gasteiger partial charge in [0.2, 0.25) is 0 Å². The van der Waals surface area contributed by atoms with E-state index in [1.165, 1.54) is 0 Å². The van der Waals surface area contributed by atoms with Gasteiger partial charge in [0, 0.05) is 12.7 Å². The maximum absolute atomic E-state index is 12.5. The molecule has 2 aromatic heterocycles. The van der Waals surface area contributed by atoms with Crippen LogP contribution in [0.3, 0.4) is 0 Å². The van der Waals surface area contributed by atoms with E-state index < -0.39 is 0 Å². The van der Waals surface area contributed by atoms with Crippen LogP contribution in [0, 0.1) is 6.92 Å². The molecule has 2 heterocycles. The predicted molar refractivity (Wildman–Crippen MR) is 93.0 cm³/mol. The van der Waals surface area contributed by atoms with Crippen LogP contribution in [-0.2, 0) is 11.3 Å². The van der Waals surface area contributed by atoms with Gasteiger partial charge in [-0.05, 0) is 43.7 Å². The summed E-state index contributed by atoms with van der Waals surface area (Å²) in [5, 5.41) is 0. The van der Waals surface area contributed by atoms with Crippen molar-refractivity contribution in [2.45, 2.75) is 20.4 Å². The van der Waals surface area contributed by atoms with E-state index in [2.05, 4.69) is 4.98 Å². The molecule has 0 bridgehead atoms. The van der Waals surface area contributed by atoms with Crippen LogP contribution in [0.15, 0.2) is 54.9 Å². The minimum atomic E-state index is -0.0371. The SMILES string of the molecule is CCN(Cc1cnc2ccccn12)C(=O)COc1cccc(C)c1. The summed E-state index contributed by atoms with van der Waals surface area (Å²) in [7, 11) is 0. The second-order valence-electron chi connectivity index (χ2n) is 5.69. The first-order chi connectivity index (χ1) is 11.7. The number of carbonyl (C=O) groups excluding carboxylic acids is 1. The summed E-state index contributed by atoms with van der Waals surface area (Å²) < 4.78 is 7.62. The number of fused-ring (bicyclic) bond motifs is 1. The molecule has 0 aliphatic carbocycles. The number of benzene rings is 1. The van der Waals surface area contributed by atoms with E-state index in [1.807, 2.05) is 73.1 Å². The van der Waals surface area contributed by atoms with Crippen molar-refractivity contribution in [1.82, 2.24) is 14.3 Å². The Morgan fingerprint density at radius 1 is 1.25 bits per heavy atom. The largest absolute Gasteiger partial charge is 0.484 e. The molecule has 1 aromatic carbocycles. The summed E-state index contributed by atoms with van der Waals surface area (Å²) >= 11 is 0. The fraction of sp³-hybridized carbons (Fsp3) is 0.263. The molecule has 124 valence electrons. The fourth-order valence-corrected chi connectivity index (χ4v) is 2.62. The Morgan fingerprint density at radius 3 is 2.92 bits per heavy atom. The highest BCUT2D eigenvalue weighted by atomic mass is 16.5. The first kappa shape index (κ1) is 16.1. The number of aryl methyl sites for hydroxylation is 1. The Balaban J connectivity index is 1.66. The Bertz CT molecular complexity index is 841. The molecule has 1 amide bonds. The summed E-state index contributed by atoms with van der Waals surface area (Å²) in [5.74, 6) is 0.680. The van der Waals surface area contributed by atoms with Gasteiger partial charge in [-0.25, -0.2) is 4.98 Å². The van der Waals surface area contributed by atoms with Gasteiger partial charge in [0.05, 0.1) is 18.4 Å². The standard InChI is InChI=1S/C19H21N3O2/c1-3-21(13-16-12-20-18-9-4-5-10-22(16)18)19(23)14-24-17-8-6-7-15(2)11-17/h4-12H,3,13-14H2,1-2H3. The van der Waals surface area contributed by atoms with Gasteiger partial charge in [0.25, 0.3) is 5.91 Å². The molecule has 0 atom stereocenters. The minimum absolute atomic E-state index is 0.0357. The molecule has 3 rings (SSSR count). The number of carbonyl (C=O) groups is 1. The summed E-state index contributed by atoms with van der Waals surface area (Å²) in [6, 6.07) is 13.6. The average molecular weight is 323 g/mol. The molecule has 0 unspecified atom stereocenters. The van der Waals surface area contributed by atoms with E-state index in [1.54, 1.807) is 4.90 Å². The second-order valence-corrected chi connectivity index (χ2v) is 5.69. The molecule has 0 aliphatic rings. The van der Waals surface area contributed by atoms with Crippen LogP contribution in [0.1, 0.15) is 18.2 Å². The molecule has 0 aliphatic heterocycles. The molecule has 0 N–H and O–H groups in total. The third-order valence-electron chi connectivity index (χ3n) is 3.93. The van der Waals surface area contributed by atoms with Gasteiger partial charge < -0.3 is 14.0 Å². The smallest absolute Gasteiger partial charge is 0.260 e. The van der Waals surface area contributed by atoms with Crippen molar-refractivity contribution in [3.05, 3.63) is 66.1 Å². The van der Waals surface area contributed by atoms with Crippen LogP contribution >= 0.6 is 0 Å². The number of hydrogen-bond donors (Lipinski definition) is 0. The van der Waals surface area contributed by atoms with Crippen molar-refractivity contribution >= 4 is 11.6 Å². The fourth-order valence-electron chi connectivity index (χ4n) is 2.62. The lowest BCUT2D eigenvalue weighted by Crippen LogP contribution is -2.34. The van der Waals surface area contributed by atoms with Crippen LogP contribution in [0.25, 0.3) is 5.65 Å². The first-order valence-corrected chi connectivity index (χ1v) is 8.05. The molecule has 0 saturated carbocycles. The van der Waals surface area contributed by atoms with Crippen molar-refractivity contribution in [3.63, 3.8) is 0 Å². The summed E-state index contributed by atoms with van der Waals surface area (Å²) in [4.78, 5) is 18.6. The first-order valence-electron chi connectivity index (χ1n) is 8.05. The minimum Gasteiger partial charge on any atom is -0.484 e. The third-order valence-corrected chi connectivity index (χ3v) is 3.93. The zero-order valence-corrected chi connectivity index (χ0v) is 14.0. The molecule has 0 spiro atoms. The summed E-state index contributed by atoms with van der Waals surface area (Å²) in [6.45, 7) is 5.13. The maximum atomic E-state index is 12.5. The lowest BCUT2D eigenvalue weighted by Gasteiger charge is -2.20. The third kappa shape index (κ3) is 3.56. The van der Waals surface area contributed by atoms with Crippen LogP contribution in [0.4, 0.5) is 0 Å². The molecule has 5 nitrogen and oxygen atoms in total. The van der Waals surface area contributed by atoms with Gasteiger partial charge in [-0.3, -0.25) is 4.79 Å². The molecular formula is C19H21N3O2. The van der Waals surface area contributed by atoms with Crippen molar-refractivity contribution in [1.29, 1.82) is 0 Å². The van der Waals surface area contributed by atoms with Crippen LogP contribution in [-0.4, -0.2) is 33.3 Å². The number of likely N-dealkylation sites (N-methyl/N-ethyl adjacent to an activating group) is 1.